The van der Waals surface area contributed by atoms with Gasteiger partial charge in [0, 0.05) is 10.9 Å². The molecular formula is C11H19NS. The van der Waals surface area contributed by atoms with Crippen molar-refractivity contribution in [3.8, 4) is 0 Å². The van der Waals surface area contributed by atoms with Gasteiger partial charge in [0.1, 0.15) is 0 Å². The molecule has 0 bridgehead atoms. The second-order valence-electron chi connectivity index (χ2n) is 3.53. The molecule has 0 saturated carbocycles. The summed E-state index contributed by atoms with van der Waals surface area (Å²) in [5.74, 6) is 0. The van der Waals surface area contributed by atoms with E-state index in [4.69, 9.17) is 5.73 Å². The first kappa shape index (κ1) is 10.7. The summed E-state index contributed by atoms with van der Waals surface area (Å²) in [4.78, 5) is 1.38. The Morgan fingerprint density at radius 3 is 2.77 bits per heavy atom. The number of nitrogens with two attached hydrogens (primary N) is 1. The summed E-state index contributed by atoms with van der Waals surface area (Å²) < 4.78 is 0. The summed E-state index contributed by atoms with van der Waals surface area (Å²) in [6.45, 7) is 4.38. The Bertz CT molecular complexity index is 242. The Labute approximate surface area is 85.0 Å². The van der Waals surface area contributed by atoms with Crippen molar-refractivity contribution in [3.63, 3.8) is 0 Å². The molecule has 13 heavy (non-hydrogen) atoms. The molecule has 0 fully saturated rings. The number of unbranched alkanes of at least 4 members (excludes halogenated alkanes) is 2. The highest BCUT2D eigenvalue weighted by Crippen LogP contribution is 2.24. The lowest BCUT2D eigenvalue weighted by molar-refractivity contribution is 0.581. The van der Waals surface area contributed by atoms with E-state index in [2.05, 4.69) is 25.3 Å². The van der Waals surface area contributed by atoms with Gasteiger partial charge in [0.15, 0.2) is 0 Å². The van der Waals surface area contributed by atoms with Gasteiger partial charge in [-0.25, -0.2) is 0 Å². The second kappa shape index (κ2) is 5.40. The highest BCUT2D eigenvalue weighted by atomic mass is 32.1. The molecule has 1 unspecified atom stereocenters. The molecule has 1 heterocycles. The third-order valence-corrected chi connectivity index (χ3v) is 3.28. The molecule has 1 rings (SSSR count). The highest BCUT2D eigenvalue weighted by Gasteiger charge is 2.08. The molecule has 0 aliphatic heterocycles. The van der Waals surface area contributed by atoms with Crippen LogP contribution < -0.4 is 5.73 Å². The maximum Gasteiger partial charge on any atom is 0.0305 e. The maximum absolute atomic E-state index is 6.09. The minimum absolute atomic E-state index is 0.262. The van der Waals surface area contributed by atoms with E-state index in [0.717, 1.165) is 6.42 Å². The van der Waals surface area contributed by atoms with Crippen molar-refractivity contribution in [1.29, 1.82) is 0 Å². The van der Waals surface area contributed by atoms with Crippen LogP contribution >= 0.6 is 11.3 Å². The quantitative estimate of drug-likeness (QED) is 0.717. The van der Waals surface area contributed by atoms with Crippen LogP contribution in [0.3, 0.4) is 0 Å². The van der Waals surface area contributed by atoms with Gasteiger partial charge in [0.25, 0.3) is 0 Å². The number of aryl methyl sites for hydroxylation is 1. The highest BCUT2D eigenvalue weighted by molar-refractivity contribution is 7.10. The Morgan fingerprint density at radius 1 is 1.46 bits per heavy atom. The number of hydrogen-bond acceptors (Lipinski definition) is 2. The van der Waals surface area contributed by atoms with Gasteiger partial charge in [-0.05, 0) is 30.4 Å². The fourth-order valence-corrected chi connectivity index (χ4v) is 2.32. The van der Waals surface area contributed by atoms with Gasteiger partial charge < -0.3 is 5.73 Å². The normalized spacial score (nSPS) is 13.2. The van der Waals surface area contributed by atoms with E-state index >= 15 is 0 Å². The lowest BCUT2D eigenvalue weighted by Gasteiger charge is -2.10. The molecule has 1 aromatic rings. The van der Waals surface area contributed by atoms with Gasteiger partial charge in [0.2, 0.25) is 0 Å². The molecule has 1 aromatic heterocycles. The zero-order chi connectivity index (χ0) is 9.68. The van der Waals surface area contributed by atoms with Crippen molar-refractivity contribution in [1.82, 2.24) is 0 Å². The van der Waals surface area contributed by atoms with Crippen molar-refractivity contribution in [3.05, 3.63) is 21.9 Å². The van der Waals surface area contributed by atoms with Gasteiger partial charge in [-0.1, -0.05) is 26.2 Å². The van der Waals surface area contributed by atoms with Crippen LogP contribution in [-0.4, -0.2) is 0 Å². The molecule has 0 aliphatic rings. The Balaban J connectivity index is 2.39. The molecule has 2 N–H and O–H groups in total. The molecule has 0 aromatic carbocycles. The summed E-state index contributed by atoms with van der Waals surface area (Å²) in [6.07, 6.45) is 4.96. The van der Waals surface area contributed by atoms with Crippen molar-refractivity contribution in [2.24, 2.45) is 5.73 Å². The van der Waals surface area contributed by atoms with E-state index in [9.17, 15) is 0 Å². The molecule has 0 saturated heterocycles. The lowest BCUT2D eigenvalue weighted by atomic mass is 10.0. The van der Waals surface area contributed by atoms with Crippen LogP contribution in [0.4, 0.5) is 0 Å². The van der Waals surface area contributed by atoms with Crippen LogP contribution in [0, 0.1) is 6.92 Å². The summed E-state index contributed by atoms with van der Waals surface area (Å²) >= 11 is 1.79. The van der Waals surface area contributed by atoms with Crippen LogP contribution in [0.15, 0.2) is 11.4 Å². The molecule has 0 radical (unpaired) electrons. The van der Waals surface area contributed by atoms with Gasteiger partial charge >= 0.3 is 0 Å². The smallest absolute Gasteiger partial charge is 0.0305 e. The maximum atomic E-state index is 6.09. The van der Waals surface area contributed by atoms with Crippen LogP contribution in [0.2, 0.25) is 0 Å². The van der Waals surface area contributed by atoms with E-state index in [1.54, 1.807) is 11.3 Å². The average Bonchev–Trinajstić information content (AvgIpc) is 2.52. The Kier molecular flexibility index (Phi) is 4.46. The van der Waals surface area contributed by atoms with Crippen molar-refractivity contribution in [2.45, 2.75) is 45.6 Å². The van der Waals surface area contributed by atoms with Crippen molar-refractivity contribution in [2.75, 3.05) is 0 Å². The molecule has 1 nitrogen and oxygen atoms in total. The summed E-state index contributed by atoms with van der Waals surface area (Å²) in [6, 6.07) is 2.43. The fraction of sp³-hybridized carbons (Fsp3) is 0.636. The zero-order valence-corrected chi connectivity index (χ0v) is 9.36. The van der Waals surface area contributed by atoms with Gasteiger partial charge in [-0.2, -0.15) is 0 Å². The molecule has 1 atom stereocenters. The minimum Gasteiger partial charge on any atom is -0.324 e. The average molecular weight is 197 g/mol. The van der Waals surface area contributed by atoms with Crippen LogP contribution in [0.25, 0.3) is 0 Å². The van der Waals surface area contributed by atoms with Crippen molar-refractivity contribution < 1.29 is 0 Å². The predicted octanol–water partition coefficient (Wildman–Crippen LogP) is 3.64. The van der Waals surface area contributed by atoms with Crippen LogP contribution in [0.1, 0.15) is 49.1 Å². The Morgan fingerprint density at radius 2 is 2.23 bits per heavy atom. The number of hydrogen-bond donors (Lipinski definition) is 1. The van der Waals surface area contributed by atoms with E-state index in [1.165, 1.54) is 29.7 Å². The van der Waals surface area contributed by atoms with Gasteiger partial charge in [-0.3, -0.25) is 0 Å². The molecule has 74 valence electrons. The monoisotopic (exact) mass is 197 g/mol. The fourth-order valence-electron chi connectivity index (χ4n) is 1.55. The standard InChI is InChI=1S/C11H19NS/c1-3-4-5-6-11(12)10-7-8-13-9(10)2/h7-8,11H,3-6,12H2,1-2H3. The number of thiophene rings is 1. The zero-order valence-electron chi connectivity index (χ0n) is 8.55. The van der Waals surface area contributed by atoms with Crippen LogP contribution in [-0.2, 0) is 0 Å². The van der Waals surface area contributed by atoms with E-state index in [1.807, 2.05) is 0 Å². The molecule has 0 aliphatic carbocycles. The second-order valence-corrected chi connectivity index (χ2v) is 4.65. The Hall–Kier alpha value is -0.340. The van der Waals surface area contributed by atoms with Gasteiger partial charge in [0.05, 0.1) is 0 Å². The summed E-state index contributed by atoms with van der Waals surface area (Å²) in [5, 5.41) is 2.13. The van der Waals surface area contributed by atoms with Crippen molar-refractivity contribution >= 4 is 11.3 Å². The summed E-state index contributed by atoms with van der Waals surface area (Å²) in [5.41, 5.74) is 7.44. The molecule has 0 spiro atoms. The SMILES string of the molecule is CCCCCC(N)c1ccsc1C. The topological polar surface area (TPSA) is 26.0 Å². The molecular weight excluding hydrogens is 178 g/mol. The minimum atomic E-state index is 0.262. The predicted molar refractivity (Wildman–Crippen MR) is 60.1 cm³/mol. The third kappa shape index (κ3) is 3.12. The first-order valence-electron chi connectivity index (χ1n) is 5.05. The summed E-state index contributed by atoms with van der Waals surface area (Å²) in [7, 11) is 0. The first-order valence-corrected chi connectivity index (χ1v) is 5.93. The first-order chi connectivity index (χ1) is 6.25. The van der Waals surface area contributed by atoms with E-state index in [0.29, 0.717) is 0 Å². The van der Waals surface area contributed by atoms with E-state index < -0.39 is 0 Å². The number of rotatable bonds is 5. The third-order valence-electron chi connectivity index (χ3n) is 2.42. The van der Waals surface area contributed by atoms with E-state index in [-0.39, 0.29) is 6.04 Å². The molecule has 0 amide bonds. The van der Waals surface area contributed by atoms with Crippen LogP contribution in [0.5, 0.6) is 0 Å². The lowest BCUT2D eigenvalue weighted by Crippen LogP contribution is -2.09. The molecule has 2 heteroatoms. The van der Waals surface area contributed by atoms with Gasteiger partial charge in [-0.15, -0.1) is 11.3 Å². The largest absolute Gasteiger partial charge is 0.324 e.